The maximum absolute atomic E-state index is 10.7. The molecule has 0 radical (unpaired) electrons. The van der Waals surface area contributed by atoms with Crippen LogP contribution in [0.25, 0.3) is 0 Å². The van der Waals surface area contributed by atoms with Gasteiger partial charge in [-0.3, -0.25) is 0 Å². The van der Waals surface area contributed by atoms with Crippen LogP contribution in [0, 0.1) is 4.91 Å². The highest BCUT2D eigenvalue weighted by Crippen LogP contribution is 2.29. The lowest BCUT2D eigenvalue weighted by molar-refractivity contribution is 0.845. The van der Waals surface area contributed by atoms with Gasteiger partial charge in [-0.2, -0.15) is 0 Å². The molecule has 0 aliphatic heterocycles. The average Bonchev–Trinajstić information content (AvgIpc) is 2.16. The lowest BCUT2D eigenvalue weighted by Gasteiger charge is -2.11. The van der Waals surface area contributed by atoms with Crippen LogP contribution in [0.3, 0.4) is 0 Å². The number of nitroso groups, excluding NO2 is 1. The fourth-order valence-electron chi connectivity index (χ4n) is 1.49. The van der Waals surface area contributed by atoms with Gasteiger partial charge in [-0.05, 0) is 34.2 Å². The number of rotatable bonds is 3. The molecule has 0 aliphatic rings. The van der Waals surface area contributed by atoms with E-state index in [-0.39, 0.29) is 0 Å². The van der Waals surface area contributed by atoms with Crippen molar-refractivity contribution in [1.29, 1.82) is 0 Å². The summed E-state index contributed by atoms with van der Waals surface area (Å²) in [4.78, 5) is 10.7. The zero-order chi connectivity index (χ0) is 10.7. The molecule has 14 heavy (non-hydrogen) atoms. The fraction of sp³-hybridized carbons (Fsp3) is 0.500. The molecule has 1 rings (SSSR count). The van der Waals surface area contributed by atoms with Gasteiger partial charge in [-0.15, -0.1) is 4.91 Å². The summed E-state index contributed by atoms with van der Waals surface area (Å²) in [5.74, 6) is 0.792. The summed E-state index contributed by atoms with van der Waals surface area (Å²) in [7, 11) is 0. The van der Waals surface area contributed by atoms with E-state index in [2.05, 4.69) is 38.9 Å². The molecule has 0 N–H and O–H groups in total. The van der Waals surface area contributed by atoms with E-state index in [9.17, 15) is 4.91 Å². The summed E-state index contributed by atoms with van der Waals surface area (Å²) in [6.45, 7) is 8.36. The molecule has 0 heterocycles. The van der Waals surface area contributed by atoms with Crippen LogP contribution in [0.15, 0.2) is 23.4 Å². The molecule has 0 aromatic heterocycles. The van der Waals surface area contributed by atoms with Crippen molar-refractivity contribution >= 4 is 5.69 Å². The lowest BCUT2D eigenvalue weighted by Crippen LogP contribution is -1.92. The minimum atomic E-state index is 0.351. The van der Waals surface area contributed by atoms with Gasteiger partial charge in [-0.1, -0.05) is 39.8 Å². The Balaban J connectivity index is 3.18. The minimum absolute atomic E-state index is 0.351. The second kappa shape index (κ2) is 4.36. The van der Waals surface area contributed by atoms with Gasteiger partial charge in [0.05, 0.1) is 0 Å². The summed E-state index contributed by atoms with van der Waals surface area (Å²) in [5.41, 5.74) is 2.79. The molecule has 0 amide bonds. The van der Waals surface area contributed by atoms with Crippen LogP contribution in [-0.2, 0) is 0 Å². The summed E-state index contributed by atoms with van der Waals surface area (Å²) in [5, 5.41) is 3.08. The van der Waals surface area contributed by atoms with Crippen LogP contribution in [0.2, 0.25) is 0 Å². The molecule has 0 spiro atoms. The standard InChI is InChI=1S/C12H17NO/c1-8(2)10-5-6-11(9(3)4)12(7-10)13-14/h5-9H,1-4H3. The van der Waals surface area contributed by atoms with Crippen molar-refractivity contribution in [3.63, 3.8) is 0 Å². The van der Waals surface area contributed by atoms with Crippen molar-refractivity contribution in [2.45, 2.75) is 39.5 Å². The van der Waals surface area contributed by atoms with Gasteiger partial charge in [0.15, 0.2) is 0 Å². The average molecular weight is 191 g/mol. The minimum Gasteiger partial charge on any atom is -0.145 e. The third-order valence-corrected chi connectivity index (χ3v) is 2.44. The maximum atomic E-state index is 10.7. The van der Waals surface area contributed by atoms with Crippen molar-refractivity contribution in [2.75, 3.05) is 0 Å². The Labute approximate surface area is 85.3 Å². The first-order valence-corrected chi connectivity index (χ1v) is 5.03. The SMILES string of the molecule is CC(C)c1ccc(C(C)C)c(N=O)c1. The predicted molar refractivity (Wildman–Crippen MR) is 60.1 cm³/mol. The maximum Gasteiger partial charge on any atom is 0.111 e. The smallest absolute Gasteiger partial charge is 0.111 e. The van der Waals surface area contributed by atoms with Crippen LogP contribution < -0.4 is 0 Å². The van der Waals surface area contributed by atoms with Gasteiger partial charge in [0.1, 0.15) is 5.69 Å². The Hall–Kier alpha value is -1.18. The van der Waals surface area contributed by atoms with Crippen LogP contribution in [-0.4, -0.2) is 0 Å². The van der Waals surface area contributed by atoms with Gasteiger partial charge >= 0.3 is 0 Å². The van der Waals surface area contributed by atoms with Crippen LogP contribution in [0.5, 0.6) is 0 Å². The highest BCUT2D eigenvalue weighted by atomic mass is 16.3. The summed E-state index contributed by atoms with van der Waals surface area (Å²) >= 11 is 0. The quantitative estimate of drug-likeness (QED) is 0.654. The summed E-state index contributed by atoms with van der Waals surface area (Å²) in [6, 6.07) is 5.98. The Bertz CT molecular complexity index is 329. The van der Waals surface area contributed by atoms with Crippen LogP contribution in [0.4, 0.5) is 5.69 Å². The molecule has 0 fully saturated rings. The molecule has 0 bridgehead atoms. The Kier molecular flexibility index (Phi) is 3.39. The molecule has 0 atom stereocenters. The van der Waals surface area contributed by atoms with E-state index < -0.39 is 0 Å². The van der Waals surface area contributed by atoms with E-state index in [1.807, 2.05) is 12.1 Å². The monoisotopic (exact) mass is 191 g/mol. The second-order valence-electron chi connectivity index (χ2n) is 4.22. The Morgan fingerprint density at radius 3 is 2.14 bits per heavy atom. The van der Waals surface area contributed by atoms with Crippen molar-refractivity contribution in [2.24, 2.45) is 5.18 Å². The topological polar surface area (TPSA) is 29.4 Å². The van der Waals surface area contributed by atoms with Crippen molar-refractivity contribution in [3.8, 4) is 0 Å². The Morgan fingerprint density at radius 2 is 1.71 bits per heavy atom. The molecular weight excluding hydrogens is 174 g/mol. The van der Waals surface area contributed by atoms with Gasteiger partial charge in [0, 0.05) is 0 Å². The highest BCUT2D eigenvalue weighted by Gasteiger charge is 2.09. The number of nitrogens with zero attached hydrogens (tertiary/aromatic N) is 1. The zero-order valence-electron chi connectivity index (χ0n) is 9.24. The van der Waals surface area contributed by atoms with E-state index in [0.29, 0.717) is 17.5 Å². The molecule has 0 unspecified atom stereocenters. The predicted octanol–water partition coefficient (Wildman–Crippen LogP) is 4.33. The third kappa shape index (κ3) is 2.19. The summed E-state index contributed by atoms with van der Waals surface area (Å²) < 4.78 is 0. The molecule has 2 heteroatoms. The van der Waals surface area contributed by atoms with E-state index >= 15 is 0 Å². The number of benzene rings is 1. The lowest BCUT2D eigenvalue weighted by atomic mass is 9.95. The van der Waals surface area contributed by atoms with Gasteiger partial charge < -0.3 is 0 Å². The number of hydrogen-bond donors (Lipinski definition) is 0. The second-order valence-corrected chi connectivity index (χ2v) is 4.22. The van der Waals surface area contributed by atoms with E-state index in [0.717, 1.165) is 5.56 Å². The van der Waals surface area contributed by atoms with Crippen molar-refractivity contribution in [1.82, 2.24) is 0 Å². The fourth-order valence-corrected chi connectivity index (χ4v) is 1.49. The molecule has 76 valence electrons. The molecular formula is C12H17NO. The molecule has 1 aromatic carbocycles. The molecule has 1 aromatic rings. The first-order valence-electron chi connectivity index (χ1n) is 5.03. The Morgan fingerprint density at radius 1 is 1.07 bits per heavy atom. The normalized spacial score (nSPS) is 11.0. The van der Waals surface area contributed by atoms with Crippen LogP contribution >= 0.6 is 0 Å². The van der Waals surface area contributed by atoms with E-state index in [1.165, 1.54) is 5.56 Å². The number of hydrogen-bond acceptors (Lipinski definition) is 2. The van der Waals surface area contributed by atoms with Gasteiger partial charge in [0.2, 0.25) is 0 Å². The molecule has 2 nitrogen and oxygen atoms in total. The molecule has 0 saturated carbocycles. The molecule has 0 saturated heterocycles. The largest absolute Gasteiger partial charge is 0.145 e. The first kappa shape index (κ1) is 10.9. The van der Waals surface area contributed by atoms with E-state index in [1.54, 1.807) is 0 Å². The van der Waals surface area contributed by atoms with Crippen LogP contribution in [0.1, 0.15) is 50.7 Å². The van der Waals surface area contributed by atoms with Gasteiger partial charge in [0.25, 0.3) is 0 Å². The zero-order valence-corrected chi connectivity index (χ0v) is 9.24. The van der Waals surface area contributed by atoms with Crippen molar-refractivity contribution in [3.05, 3.63) is 34.2 Å². The van der Waals surface area contributed by atoms with Crippen molar-refractivity contribution < 1.29 is 0 Å². The highest BCUT2D eigenvalue weighted by molar-refractivity contribution is 5.50. The third-order valence-electron chi connectivity index (χ3n) is 2.44. The first-order chi connectivity index (χ1) is 6.56. The van der Waals surface area contributed by atoms with E-state index in [4.69, 9.17) is 0 Å². The van der Waals surface area contributed by atoms with Gasteiger partial charge in [-0.25, -0.2) is 0 Å². The molecule has 0 aliphatic carbocycles. The summed E-state index contributed by atoms with van der Waals surface area (Å²) in [6.07, 6.45) is 0.